The second-order valence-corrected chi connectivity index (χ2v) is 4.29. The zero-order valence-corrected chi connectivity index (χ0v) is 9.87. The highest BCUT2D eigenvalue weighted by Gasteiger charge is 2.06. The molecule has 17 heavy (non-hydrogen) atoms. The van der Waals surface area contributed by atoms with Gasteiger partial charge in [0.25, 0.3) is 0 Å². The van der Waals surface area contributed by atoms with Gasteiger partial charge in [0.2, 0.25) is 0 Å². The molecule has 1 aromatic heterocycles. The van der Waals surface area contributed by atoms with Gasteiger partial charge in [0.15, 0.2) is 6.29 Å². The fourth-order valence-corrected chi connectivity index (χ4v) is 2.21. The number of carbonyl (C=O) groups is 1. The van der Waals surface area contributed by atoms with E-state index in [-0.39, 0.29) is 6.61 Å². The zero-order valence-electron chi connectivity index (χ0n) is 9.05. The van der Waals surface area contributed by atoms with Gasteiger partial charge < -0.3 is 4.74 Å². The van der Waals surface area contributed by atoms with Gasteiger partial charge in [-0.25, -0.2) is 0 Å². The Bertz CT molecular complexity index is 550. The minimum atomic E-state index is 0.166. The Morgan fingerprint density at radius 2 is 2.29 bits per heavy atom. The second-order valence-electron chi connectivity index (χ2n) is 3.34. The third kappa shape index (κ3) is 2.55. The molecule has 2 rings (SSSR count). The maximum Gasteiger partial charge on any atom is 0.153 e. The van der Waals surface area contributed by atoms with Crippen molar-refractivity contribution in [2.45, 2.75) is 0 Å². The maximum atomic E-state index is 11.0. The van der Waals surface area contributed by atoms with Crippen LogP contribution in [0.15, 0.2) is 35.7 Å². The lowest BCUT2D eigenvalue weighted by Gasteiger charge is -2.06. The van der Waals surface area contributed by atoms with Gasteiger partial charge >= 0.3 is 0 Å². The van der Waals surface area contributed by atoms with Crippen molar-refractivity contribution in [2.75, 3.05) is 6.61 Å². The van der Waals surface area contributed by atoms with Crippen LogP contribution in [-0.2, 0) is 0 Å². The molecule has 3 heteroatoms. The highest BCUT2D eigenvalue weighted by molar-refractivity contribution is 7.13. The lowest BCUT2D eigenvalue weighted by molar-refractivity contribution is 0.112. The number of benzene rings is 1. The van der Waals surface area contributed by atoms with Crippen LogP contribution in [0, 0.1) is 12.3 Å². The van der Waals surface area contributed by atoms with Gasteiger partial charge in [-0.3, -0.25) is 4.79 Å². The summed E-state index contributed by atoms with van der Waals surface area (Å²) in [5, 5.41) is 2.00. The molecule has 0 amide bonds. The molecule has 1 aromatic carbocycles. The number of terminal acetylenes is 1. The smallest absolute Gasteiger partial charge is 0.153 e. The summed E-state index contributed by atoms with van der Waals surface area (Å²) in [5.74, 6) is 2.90. The normalized spacial score (nSPS) is 9.59. The van der Waals surface area contributed by atoms with E-state index in [1.165, 1.54) is 0 Å². The Labute approximate surface area is 104 Å². The first-order valence-electron chi connectivity index (χ1n) is 5.04. The minimum Gasteiger partial charge on any atom is -0.480 e. The van der Waals surface area contributed by atoms with E-state index in [0.717, 1.165) is 16.7 Å². The first-order chi connectivity index (χ1) is 8.35. The van der Waals surface area contributed by atoms with Gasteiger partial charge in [-0.1, -0.05) is 12.0 Å². The van der Waals surface area contributed by atoms with Crippen LogP contribution in [0.2, 0.25) is 0 Å². The molecule has 0 aliphatic rings. The molecule has 0 aliphatic heterocycles. The molecule has 0 bridgehead atoms. The van der Waals surface area contributed by atoms with Crippen molar-refractivity contribution < 1.29 is 9.53 Å². The minimum absolute atomic E-state index is 0.166. The third-order valence-corrected chi connectivity index (χ3v) is 3.17. The van der Waals surface area contributed by atoms with Crippen LogP contribution in [0.1, 0.15) is 10.4 Å². The van der Waals surface area contributed by atoms with Crippen molar-refractivity contribution in [3.63, 3.8) is 0 Å². The van der Waals surface area contributed by atoms with E-state index in [1.54, 1.807) is 17.4 Å². The van der Waals surface area contributed by atoms with Gasteiger partial charge in [0.1, 0.15) is 12.4 Å². The highest BCUT2D eigenvalue weighted by Crippen LogP contribution is 2.28. The molecule has 0 aliphatic carbocycles. The van der Waals surface area contributed by atoms with Gasteiger partial charge in [-0.15, -0.1) is 17.8 Å². The van der Waals surface area contributed by atoms with Crippen molar-refractivity contribution >= 4 is 17.6 Å². The predicted octanol–water partition coefficient (Wildman–Crippen LogP) is 3.24. The van der Waals surface area contributed by atoms with Crippen molar-refractivity contribution in [1.29, 1.82) is 0 Å². The molecule has 2 nitrogen and oxygen atoms in total. The third-order valence-electron chi connectivity index (χ3n) is 2.25. The largest absolute Gasteiger partial charge is 0.480 e. The second kappa shape index (κ2) is 5.33. The van der Waals surface area contributed by atoms with Crippen LogP contribution in [0.3, 0.4) is 0 Å². The van der Waals surface area contributed by atoms with Crippen molar-refractivity contribution in [1.82, 2.24) is 0 Å². The quantitative estimate of drug-likeness (QED) is 0.607. The summed E-state index contributed by atoms with van der Waals surface area (Å²) in [7, 11) is 0. The number of rotatable bonds is 4. The number of hydrogen-bond donors (Lipinski definition) is 0. The van der Waals surface area contributed by atoms with Crippen molar-refractivity contribution in [3.05, 3.63) is 41.3 Å². The molecule has 0 saturated carbocycles. The molecule has 0 fully saturated rings. The monoisotopic (exact) mass is 242 g/mol. The zero-order chi connectivity index (χ0) is 12.1. The van der Waals surface area contributed by atoms with Crippen molar-refractivity contribution in [3.8, 4) is 28.5 Å². The molecule has 0 spiro atoms. The first-order valence-corrected chi connectivity index (χ1v) is 5.92. The fraction of sp³-hybridized carbons (Fsp3) is 0.0714. The molecule has 2 aromatic rings. The SMILES string of the molecule is C#CCOc1ccc(-c2cccs2)cc1C=O. The van der Waals surface area contributed by atoms with E-state index in [9.17, 15) is 4.79 Å². The van der Waals surface area contributed by atoms with Crippen LogP contribution >= 0.6 is 11.3 Å². The molecular weight excluding hydrogens is 232 g/mol. The lowest BCUT2D eigenvalue weighted by Crippen LogP contribution is -1.97. The molecule has 0 N–H and O–H groups in total. The highest BCUT2D eigenvalue weighted by atomic mass is 32.1. The summed E-state index contributed by atoms with van der Waals surface area (Å²) < 4.78 is 5.29. The fourth-order valence-electron chi connectivity index (χ4n) is 1.49. The Morgan fingerprint density at radius 1 is 1.41 bits per heavy atom. The Kier molecular flexibility index (Phi) is 3.59. The van der Waals surface area contributed by atoms with E-state index in [0.29, 0.717) is 11.3 Å². The molecular formula is C14H10O2S. The standard InChI is InChI=1S/C14H10O2S/c1-2-7-16-13-6-5-11(9-12(13)10-15)14-4-3-8-17-14/h1,3-6,8-10H,7H2. The van der Waals surface area contributed by atoms with Crippen LogP contribution < -0.4 is 4.74 Å². The summed E-state index contributed by atoms with van der Waals surface area (Å²) in [6.45, 7) is 0.166. The summed E-state index contributed by atoms with van der Waals surface area (Å²) in [6.07, 6.45) is 5.89. The summed E-state index contributed by atoms with van der Waals surface area (Å²) in [4.78, 5) is 12.1. The molecule has 0 atom stereocenters. The van der Waals surface area contributed by atoms with Crippen LogP contribution in [-0.4, -0.2) is 12.9 Å². The maximum absolute atomic E-state index is 11.0. The van der Waals surface area contributed by atoms with E-state index < -0.39 is 0 Å². The van der Waals surface area contributed by atoms with Gasteiger partial charge in [-0.2, -0.15) is 0 Å². The Balaban J connectivity index is 2.35. The van der Waals surface area contributed by atoms with E-state index >= 15 is 0 Å². The van der Waals surface area contributed by atoms with E-state index in [4.69, 9.17) is 11.2 Å². The van der Waals surface area contributed by atoms with E-state index in [1.807, 2.05) is 29.6 Å². The molecule has 0 radical (unpaired) electrons. The molecule has 1 heterocycles. The Morgan fingerprint density at radius 3 is 2.94 bits per heavy atom. The number of aldehydes is 1. The summed E-state index contributed by atoms with van der Waals surface area (Å²) >= 11 is 1.63. The summed E-state index contributed by atoms with van der Waals surface area (Å²) in [6, 6.07) is 9.49. The molecule has 0 unspecified atom stereocenters. The average molecular weight is 242 g/mol. The molecule has 84 valence electrons. The Hall–Kier alpha value is -2.05. The average Bonchev–Trinajstić information content (AvgIpc) is 2.90. The topological polar surface area (TPSA) is 26.3 Å². The van der Waals surface area contributed by atoms with E-state index in [2.05, 4.69) is 5.92 Å². The first kappa shape index (κ1) is 11.4. The van der Waals surface area contributed by atoms with Gasteiger partial charge in [0.05, 0.1) is 5.56 Å². The summed E-state index contributed by atoms with van der Waals surface area (Å²) in [5.41, 5.74) is 1.53. The predicted molar refractivity (Wildman–Crippen MR) is 69.5 cm³/mol. The lowest BCUT2D eigenvalue weighted by atomic mass is 10.1. The molecule has 0 saturated heterocycles. The van der Waals surface area contributed by atoms with Crippen molar-refractivity contribution in [2.24, 2.45) is 0 Å². The van der Waals surface area contributed by atoms with Crippen LogP contribution in [0.4, 0.5) is 0 Å². The number of ether oxygens (including phenoxy) is 1. The van der Waals surface area contributed by atoms with Crippen LogP contribution in [0.5, 0.6) is 5.75 Å². The number of hydrogen-bond acceptors (Lipinski definition) is 3. The van der Waals surface area contributed by atoms with Crippen LogP contribution in [0.25, 0.3) is 10.4 Å². The number of carbonyl (C=O) groups excluding carboxylic acids is 1. The van der Waals surface area contributed by atoms with Gasteiger partial charge in [0, 0.05) is 4.88 Å². The van der Waals surface area contributed by atoms with Gasteiger partial charge in [-0.05, 0) is 35.2 Å². The number of thiophene rings is 1.